The van der Waals surface area contributed by atoms with Gasteiger partial charge >= 0.3 is 0 Å². The maximum atomic E-state index is 14.8. The molecule has 0 amide bonds. The minimum absolute atomic E-state index is 0.107. The fourth-order valence-corrected chi connectivity index (χ4v) is 7.10. The molecule has 3 aliphatic rings. The Morgan fingerprint density at radius 3 is 2.73 bits per heavy atom. The van der Waals surface area contributed by atoms with E-state index < -0.39 is 5.82 Å². The van der Waals surface area contributed by atoms with Gasteiger partial charge in [0.15, 0.2) is 11.6 Å². The van der Waals surface area contributed by atoms with Crippen LogP contribution in [0.1, 0.15) is 63.0 Å². The maximum Gasteiger partial charge on any atom is 0.261 e. The number of fused-ring (bicyclic) bond motifs is 1. The summed E-state index contributed by atoms with van der Waals surface area (Å²) >= 11 is 1.58. The average molecular weight is 520 g/mol. The van der Waals surface area contributed by atoms with Crippen LogP contribution in [0.2, 0.25) is 0 Å². The second-order valence-corrected chi connectivity index (χ2v) is 11.7. The third-order valence-corrected chi connectivity index (χ3v) is 9.37. The average Bonchev–Trinajstić information content (AvgIpc) is 3.42. The molecule has 3 aromatic rings. The topological polar surface area (TPSA) is 92.0 Å². The Bertz CT molecular complexity index is 1410. The van der Waals surface area contributed by atoms with E-state index in [0.29, 0.717) is 33.0 Å². The highest BCUT2D eigenvalue weighted by molar-refractivity contribution is 8.01. The molecule has 1 aromatic heterocycles. The van der Waals surface area contributed by atoms with E-state index in [2.05, 4.69) is 21.1 Å². The van der Waals surface area contributed by atoms with Gasteiger partial charge in [0.1, 0.15) is 17.4 Å². The summed E-state index contributed by atoms with van der Waals surface area (Å²) in [5.74, 6) is -0.475. The van der Waals surface area contributed by atoms with Gasteiger partial charge in [0.2, 0.25) is 0 Å². The number of hydrogen-bond acceptors (Lipinski definition) is 7. The quantitative estimate of drug-likeness (QED) is 0.391. The fourth-order valence-electron chi connectivity index (χ4n) is 6.06. The molecule has 2 aliphatic carbocycles. The molecule has 2 heterocycles. The Balaban J connectivity index is 1.25. The van der Waals surface area contributed by atoms with Crippen LogP contribution >= 0.6 is 11.9 Å². The van der Waals surface area contributed by atoms with Crippen molar-refractivity contribution in [3.05, 3.63) is 58.4 Å². The number of benzene rings is 2. The van der Waals surface area contributed by atoms with Crippen LogP contribution in [-0.2, 0) is 0 Å². The number of nitrogens with zero attached hydrogens (tertiary/aromatic N) is 3. The number of hydrogen-bond donors (Lipinski definition) is 2. The highest BCUT2D eigenvalue weighted by atomic mass is 32.2. The van der Waals surface area contributed by atoms with Crippen molar-refractivity contribution in [2.75, 3.05) is 17.8 Å². The van der Waals surface area contributed by atoms with E-state index in [1.807, 2.05) is 0 Å². The van der Waals surface area contributed by atoms with Gasteiger partial charge in [-0.05, 0) is 99.3 Å². The second kappa shape index (κ2) is 9.99. The molecule has 2 saturated carbocycles. The highest BCUT2D eigenvalue weighted by Gasteiger charge is 2.45. The van der Waals surface area contributed by atoms with Crippen molar-refractivity contribution < 1.29 is 9.13 Å². The summed E-state index contributed by atoms with van der Waals surface area (Å²) in [7, 11) is 0. The third-order valence-electron chi connectivity index (χ3n) is 8.23. The van der Waals surface area contributed by atoms with Crippen LogP contribution in [0.25, 0.3) is 10.9 Å². The summed E-state index contributed by atoms with van der Waals surface area (Å²) in [6.45, 7) is 2.07. The van der Waals surface area contributed by atoms with E-state index >= 15 is 0 Å². The van der Waals surface area contributed by atoms with Crippen molar-refractivity contribution in [1.82, 2.24) is 14.9 Å². The Morgan fingerprint density at radius 2 is 1.97 bits per heavy atom. The van der Waals surface area contributed by atoms with Crippen molar-refractivity contribution >= 4 is 28.5 Å². The summed E-state index contributed by atoms with van der Waals surface area (Å²) in [6, 6.07) is 10.1. The number of nitrogens with one attached hydrogen (secondary N) is 2. The first kappa shape index (κ1) is 24.3. The lowest BCUT2D eigenvalue weighted by molar-refractivity contribution is 0.0270. The summed E-state index contributed by atoms with van der Waals surface area (Å²) in [5.41, 5.74) is 1.42. The van der Waals surface area contributed by atoms with Gasteiger partial charge in [-0.3, -0.25) is 9.36 Å². The molecule has 1 saturated heterocycles. The molecular weight excluding hydrogens is 489 g/mol. The number of ether oxygens (including phenoxy) is 1. The van der Waals surface area contributed by atoms with E-state index in [0.717, 1.165) is 51.6 Å². The minimum Gasteiger partial charge on any atom is -0.453 e. The molecule has 0 bridgehead atoms. The first-order valence-electron chi connectivity index (χ1n) is 13.1. The predicted molar refractivity (Wildman–Crippen MR) is 143 cm³/mol. The van der Waals surface area contributed by atoms with Crippen LogP contribution < -0.4 is 20.3 Å². The Kier molecular flexibility index (Phi) is 6.55. The lowest BCUT2D eigenvalue weighted by atomic mass is 9.60. The number of anilines is 1. The smallest absolute Gasteiger partial charge is 0.261 e. The monoisotopic (exact) mass is 519 g/mol. The van der Waals surface area contributed by atoms with E-state index in [-0.39, 0.29) is 22.9 Å². The maximum absolute atomic E-state index is 14.8. The zero-order valence-electron chi connectivity index (χ0n) is 20.6. The summed E-state index contributed by atoms with van der Waals surface area (Å²) in [4.78, 5) is 17.9. The van der Waals surface area contributed by atoms with Crippen molar-refractivity contribution in [1.29, 1.82) is 5.26 Å². The molecular formula is C28H30FN5O2S. The number of rotatable bonds is 6. The van der Waals surface area contributed by atoms with Gasteiger partial charge in [0, 0.05) is 11.3 Å². The van der Waals surface area contributed by atoms with Crippen LogP contribution in [0.4, 0.5) is 10.1 Å². The van der Waals surface area contributed by atoms with Crippen molar-refractivity contribution in [2.24, 2.45) is 5.41 Å². The van der Waals surface area contributed by atoms with Crippen LogP contribution in [-0.4, -0.2) is 27.9 Å². The molecule has 0 radical (unpaired) electrons. The molecule has 192 valence electrons. The van der Waals surface area contributed by atoms with Crippen molar-refractivity contribution in [2.45, 2.75) is 62.7 Å². The third kappa shape index (κ3) is 4.69. The highest BCUT2D eigenvalue weighted by Crippen LogP contribution is 2.53. The van der Waals surface area contributed by atoms with E-state index in [1.54, 1.807) is 47.1 Å². The predicted octanol–water partition coefficient (Wildman–Crippen LogP) is 5.91. The standard InChI is InChI=1S/C28H30FN5O2S/c29-23-6-8-25(33-37-20-3-1-2-4-20)22(16-30)26(23)36-19-5-7-24-21(13-19)27(35)34(17-32-24)18-14-28(15-18)9-11-31-12-10-28/h5-8,13,17-18,20,31,33H,1-4,9-12,14-15H2. The molecule has 7 nitrogen and oxygen atoms in total. The minimum atomic E-state index is -0.626. The second-order valence-electron chi connectivity index (χ2n) is 10.6. The Morgan fingerprint density at radius 1 is 1.19 bits per heavy atom. The zero-order chi connectivity index (χ0) is 25.4. The Labute approximate surface area is 219 Å². The van der Waals surface area contributed by atoms with Gasteiger partial charge in [-0.1, -0.05) is 12.8 Å². The van der Waals surface area contributed by atoms with Crippen LogP contribution in [0.3, 0.4) is 0 Å². The number of nitriles is 1. The van der Waals surface area contributed by atoms with E-state index in [4.69, 9.17) is 4.74 Å². The summed E-state index contributed by atoms with van der Waals surface area (Å²) < 4.78 is 25.7. The zero-order valence-corrected chi connectivity index (χ0v) is 21.5. The van der Waals surface area contributed by atoms with Gasteiger partial charge in [0.05, 0.1) is 22.9 Å². The molecule has 1 aliphatic heterocycles. The molecule has 9 heteroatoms. The van der Waals surface area contributed by atoms with Gasteiger partial charge < -0.3 is 14.8 Å². The summed E-state index contributed by atoms with van der Waals surface area (Å²) in [6.07, 6.45) is 10.6. The van der Waals surface area contributed by atoms with Crippen LogP contribution in [0.15, 0.2) is 41.5 Å². The Hall–Kier alpha value is -3.09. The molecule has 3 fully saturated rings. The lowest BCUT2D eigenvalue weighted by Crippen LogP contribution is -2.47. The molecule has 6 rings (SSSR count). The molecule has 0 unspecified atom stereocenters. The van der Waals surface area contributed by atoms with E-state index in [1.165, 1.54) is 18.9 Å². The normalized spacial score (nSPS) is 19.6. The van der Waals surface area contributed by atoms with Crippen molar-refractivity contribution in [3.63, 3.8) is 0 Å². The molecule has 2 N–H and O–H groups in total. The SMILES string of the molecule is N#Cc1c(NSC2CCCC2)ccc(F)c1Oc1ccc2ncn(C3CC4(CCNCC4)C3)c(=O)c2c1. The number of halogens is 1. The molecule has 1 spiro atoms. The van der Waals surface area contributed by atoms with E-state index in [9.17, 15) is 14.4 Å². The van der Waals surface area contributed by atoms with Gasteiger partial charge in [0.25, 0.3) is 5.56 Å². The number of aromatic nitrogens is 2. The molecule has 37 heavy (non-hydrogen) atoms. The number of piperidine rings is 1. The summed E-state index contributed by atoms with van der Waals surface area (Å²) in [5, 5.41) is 14.2. The fraction of sp³-hybridized carbons (Fsp3) is 0.464. The van der Waals surface area contributed by atoms with Gasteiger partial charge in [-0.15, -0.1) is 0 Å². The van der Waals surface area contributed by atoms with Gasteiger partial charge in [-0.25, -0.2) is 9.37 Å². The van der Waals surface area contributed by atoms with Crippen LogP contribution in [0.5, 0.6) is 11.5 Å². The van der Waals surface area contributed by atoms with Gasteiger partial charge in [-0.2, -0.15) is 5.26 Å². The largest absolute Gasteiger partial charge is 0.453 e. The first-order valence-corrected chi connectivity index (χ1v) is 14.0. The molecule has 0 atom stereocenters. The first-order chi connectivity index (χ1) is 18.0. The van der Waals surface area contributed by atoms with Crippen LogP contribution in [0, 0.1) is 22.6 Å². The molecule has 2 aromatic carbocycles. The lowest BCUT2D eigenvalue weighted by Gasteiger charge is -2.50. The van der Waals surface area contributed by atoms with Crippen molar-refractivity contribution in [3.8, 4) is 17.6 Å².